The lowest BCUT2D eigenvalue weighted by Crippen LogP contribution is -2.10. The smallest absolute Gasteiger partial charge is 0.337 e. The zero-order valence-electron chi connectivity index (χ0n) is 14.1. The minimum atomic E-state index is -0.433. The summed E-state index contributed by atoms with van der Waals surface area (Å²) in [5.41, 5.74) is 4.08. The molecule has 0 bridgehead atoms. The van der Waals surface area contributed by atoms with E-state index in [0.29, 0.717) is 11.3 Å². The summed E-state index contributed by atoms with van der Waals surface area (Å²) >= 11 is 0. The highest BCUT2D eigenvalue weighted by molar-refractivity contribution is 6.03. The van der Waals surface area contributed by atoms with E-state index >= 15 is 0 Å². The van der Waals surface area contributed by atoms with Gasteiger partial charge in [0.1, 0.15) is 0 Å². The van der Waals surface area contributed by atoms with Crippen LogP contribution in [0, 0.1) is 6.92 Å². The van der Waals surface area contributed by atoms with Gasteiger partial charge in [0, 0.05) is 11.8 Å². The second kappa shape index (κ2) is 8.11. The number of amides is 1. The van der Waals surface area contributed by atoms with E-state index in [9.17, 15) is 9.59 Å². The van der Waals surface area contributed by atoms with Crippen LogP contribution in [0.15, 0.2) is 48.5 Å². The maximum Gasteiger partial charge on any atom is 0.337 e. The quantitative estimate of drug-likeness (QED) is 0.668. The first-order chi connectivity index (χ1) is 11.5. The second-order valence-electron chi connectivity index (χ2n) is 5.44. The third-order valence-electron chi connectivity index (χ3n) is 3.73. The first kappa shape index (κ1) is 17.5. The number of esters is 1. The predicted molar refractivity (Wildman–Crippen MR) is 96.0 cm³/mol. The number of benzene rings is 2. The van der Waals surface area contributed by atoms with Crippen molar-refractivity contribution in [2.24, 2.45) is 0 Å². The van der Waals surface area contributed by atoms with Crippen molar-refractivity contribution in [2.45, 2.75) is 20.3 Å². The zero-order valence-corrected chi connectivity index (χ0v) is 14.1. The minimum Gasteiger partial charge on any atom is -0.465 e. The normalized spacial score (nSPS) is 10.6. The topological polar surface area (TPSA) is 55.4 Å². The highest BCUT2D eigenvalue weighted by Gasteiger charge is 2.09. The van der Waals surface area contributed by atoms with Crippen LogP contribution < -0.4 is 5.32 Å². The summed E-state index contributed by atoms with van der Waals surface area (Å²) in [4.78, 5) is 23.7. The molecule has 0 heterocycles. The van der Waals surface area contributed by atoms with Crippen molar-refractivity contribution < 1.29 is 14.3 Å². The van der Waals surface area contributed by atoms with Gasteiger partial charge in [-0.3, -0.25) is 4.79 Å². The van der Waals surface area contributed by atoms with E-state index in [2.05, 4.69) is 12.2 Å². The second-order valence-corrected chi connectivity index (χ2v) is 5.44. The van der Waals surface area contributed by atoms with Gasteiger partial charge in [0.2, 0.25) is 5.91 Å². The molecule has 0 aliphatic carbocycles. The number of hydrogen-bond acceptors (Lipinski definition) is 3. The van der Waals surface area contributed by atoms with Crippen molar-refractivity contribution in [3.8, 4) is 0 Å². The van der Waals surface area contributed by atoms with Gasteiger partial charge in [-0.05, 0) is 48.2 Å². The molecule has 24 heavy (non-hydrogen) atoms. The molecule has 2 aromatic carbocycles. The molecule has 1 N–H and O–H groups in total. The largest absolute Gasteiger partial charge is 0.465 e. The number of carbonyl (C=O) groups excluding carboxylic acids is 2. The average Bonchev–Trinajstić information content (AvgIpc) is 2.61. The van der Waals surface area contributed by atoms with Crippen molar-refractivity contribution >= 4 is 23.6 Å². The Morgan fingerprint density at radius 2 is 1.83 bits per heavy atom. The standard InChI is InChI=1S/C20H21NO3/c1-4-15-6-8-16(9-7-15)10-12-19(22)21-18-13-17(20(23)24-3)11-5-14(18)2/h5-13H,4H2,1-3H3,(H,21,22)/b12-10+. The van der Waals surface area contributed by atoms with E-state index < -0.39 is 5.97 Å². The van der Waals surface area contributed by atoms with Crippen molar-refractivity contribution in [3.63, 3.8) is 0 Å². The summed E-state index contributed by atoms with van der Waals surface area (Å²) in [6.45, 7) is 3.97. The maximum atomic E-state index is 12.1. The van der Waals surface area contributed by atoms with E-state index in [-0.39, 0.29) is 5.91 Å². The number of nitrogens with one attached hydrogen (secondary N) is 1. The van der Waals surface area contributed by atoms with Crippen LogP contribution >= 0.6 is 0 Å². The molecule has 124 valence electrons. The first-order valence-corrected chi connectivity index (χ1v) is 7.80. The number of anilines is 1. The van der Waals surface area contributed by atoms with Crippen molar-refractivity contribution in [3.05, 3.63) is 70.8 Å². The maximum absolute atomic E-state index is 12.1. The molecule has 0 aliphatic rings. The predicted octanol–water partition coefficient (Wildman–Crippen LogP) is 4.00. The minimum absolute atomic E-state index is 0.250. The van der Waals surface area contributed by atoms with Crippen molar-refractivity contribution in [1.29, 1.82) is 0 Å². The Bertz CT molecular complexity index is 761. The molecule has 0 spiro atoms. The lowest BCUT2D eigenvalue weighted by molar-refractivity contribution is -0.111. The van der Waals surface area contributed by atoms with Gasteiger partial charge in [-0.25, -0.2) is 4.79 Å². The third kappa shape index (κ3) is 4.56. The molecule has 0 saturated heterocycles. The van der Waals surface area contributed by atoms with Gasteiger partial charge in [0.15, 0.2) is 0 Å². The Labute approximate surface area is 142 Å². The van der Waals surface area contributed by atoms with E-state index in [1.54, 1.807) is 24.3 Å². The van der Waals surface area contributed by atoms with E-state index in [1.165, 1.54) is 18.7 Å². The fraction of sp³-hybridized carbons (Fsp3) is 0.200. The van der Waals surface area contributed by atoms with Crippen LogP contribution in [0.25, 0.3) is 6.08 Å². The molecule has 0 atom stereocenters. The lowest BCUT2D eigenvalue weighted by Gasteiger charge is -2.08. The van der Waals surface area contributed by atoms with Gasteiger partial charge in [-0.1, -0.05) is 37.3 Å². The fourth-order valence-corrected chi connectivity index (χ4v) is 2.21. The highest BCUT2D eigenvalue weighted by Crippen LogP contribution is 2.18. The summed E-state index contributed by atoms with van der Waals surface area (Å²) in [6, 6.07) is 13.1. The van der Waals surface area contributed by atoms with Crippen LogP contribution in [-0.2, 0) is 16.0 Å². The molecule has 0 saturated carbocycles. The Morgan fingerprint density at radius 1 is 1.12 bits per heavy atom. The van der Waals surface area contributed by atoms with Crippen molar-refractivity contribution in [2.75, 3.05) is 12.4 Å². The SMILES string of the molecule is CCc1ccc(/C=C/C(=O)Nc2cc(C(=O)OC)ccc2C)cc1. The summed E-state index contributed by atoms with van der Waals surface area (Å²) in [7, 11) is 1.33. The molecular weight excluding hydrogens is 302 g/mol. The van der Waals surface area contributed by atoms with Gasteiger partial charge in [0.25, 0.3) is 0 Å². The van der Waals surface area contributed by atoms with Crippen LogP contribution in [0.5, 0.6) is 0 Å². The fourth-order valence-electron chi connectivity index (χ4n) is 2.21. The Hall–Kier alpha value is -2.88. The number of rotatable bonds is 5. The van der Waals surface area contributed by atoms with Crippen molar-refractivity contribution in [1.82, 2.24) is 0 Å². The molecule has 4 nitrogen and oxygen atoms in total. The van der Waals surface area contributed by atoms with Crippen LogP contribution in [0.3, 0.4) is 0 Å². The summed E-state index contributed by atoms with van der Waals surface area (Å²) < 4.78 is 4.69. The zero-order chi connectivity index (χ0) is 17.5. The van der Waals surface area contributed by atoms with Crippen LogP contribution in [0.4, 0.5) is 5.69 Å². The molecule has 1 amide bonds. The Kier molecular flexibility index (Phi) is 5.90. The number of methoxy groups -OCH3 is 1. The summed E-state index contributed by atoms with van der Waals surface area (Å²) in [5, 5.41) is 2.79. The third-order valence-corrected chi connectivity index (χ3v) is 3.73. The summed E-state index contributed by atoms with van der Waals surface area (Å²) in [6.07, 6.45) is 4.22. The van der Waals surface area contributed by atoms with Gasteiger partial charge >= 0.3 is 5.97 Å². The van der Waals surface area contributed by atoms with Gasteiger partial charge in [-0.15, -0.1) is 0 Å². The molecule has 0 aliphatic heterocycles. The van der Waals surface area contributed by atoms with E-state index in [1.807, 2.05) is 31.2 Å². The molecule has 2 aromatic rings. The van der Waals surface area contributed by atoms with Crippen LogP contribution in [0.2, 0.25) is 0 Å². The summed E-state index contributed by atoms with van der Waals surface area (Å²) in [5.74, 6) is -0.684. The van der Waals surface area contributed by atoms with Crippen LogP contribution in [-0.4, -0.2) is 19.0 Å². The molecule has 2 rings (SSSR count). The molecule has 0 fully saturated rings. The average molecular weight is 323 g/mol. The van der Waals surface area contributed by atoms with Crippen LogP contribution in [0.1, 0.15) is 34.0 Å². The number of aryl methyl sites for hydroxylation is 2. The molecular formula is C20H21NO3. The molecule has 0 radical (unpaired) electrons. The Morgan fingerprint density at radius 3 is 2.46 bits per heavy atom. The number of hydrogen-bond donors (Lipinski definition) is 1. The molecule has 0 aromatic heterocycles. The molecule has 0 unspecified atom stereocenters. The molecule has 4 heteroatoms. The lowest BCUT2D eigenvalue weighted by atomic mass is 10.1. The number of carbonyl (C=O) groups is 2. The Balaban J connectivity index is 2.08. The van der Waals surface area contributed by atoms with E-state index in [0.717, 1.165) is 17.5 Å². The number of ether oxygens (including phenoxy) is 1. The van der Waals surface area contributed by atoms with Gasteiger partial charge in [-0.2, -0.15) is 0 Å². The van der Waals surface area contributed by atoms with E-state index in [4.69, 9.17) is 4.74 Å². The first-order valence-electron chi connectivity index (χ1n) is 7.80. The van der Waals surface area contributed by atoms with Gasteiger partial charge < -0.3 is 10.1 Å². The van der Waals surface area contributed by atoms with Gasteiger partial charge in [0.05, 0.1) is 12.7 Å². The highest BCUT2D eigenvalue weighted by atomic mass is 16.5. The monoisotopic (exact) mass is 323 g/mol.